The van der Waals surface area contributed by atoms with E-state index in [1.807, 2.05) is 0 Å². The molecule has 0 N–H and O–H groups in total. The zero-order valence-electron chi connectivity index (χ0n) is 11.7. The van der Waals surface area contributed by atoms with E-state index in [9.17, 15) is 4.79 Å². The normalized spacial score (nSPS) is 28.8. The number of fused-ring (bicyclic) bond motifs is 1. The van der Waals surface area contributed by atoms with Crippen LogP contribution in [0.4, 0.5) is 0 Å². The van der Waals surface area contributed by atoms with Gasteiger partial charge < -0.3 is 4.79 Å². The number of hydrogen-bond donors (Lipinski definition) is 0. The van der Waals surface area contributed by atoms with Crippen molar-refractivity contribution in [2.45, 2.75) is 52.4 Å². The Hall–Kier alpha value is -1.11. The smallest absolute Gasteiger partial charge is 0.130 e. The van der Waals surface area contributed by atoms with E-state index in [1.54, 1.807) is 0 Å². The zero-order chi connectivity index (χ0) is 13.1. The van der Waals surface area contributed by atoms with Gasteiger partial charge in [-0.25, -0.2) is 0 Å². The Balaban J connectivity index is 2.89. The summed E-state index contributed by atoms with van der Waals surface area (Å²) in [5.74, 6) is 0. The first-order chi connectivity index (χ1) is 7.70. The van der Waals surface area contributed by atoms with E-state index in [1.165, 1.54) is 16.7 Å². The summed E-state index contributed by atoms with van der Waals surface area (Å²) in [6.07, 6.45) is 1.14. The van der Waals surface area contributed by atoms with Crippen LogP contribution in [-0.2, 0) is 15.6 Å². The molecule has 2 rings (SSSR count). The molecule has 0 aromatic heterocycles. The van der Waals surface area contributed by atoms with Gasteiger partial charge in [-0.05, 0) is 41.4 Å². The summed E-state index contributed by atoms with van der Waals surface area (Å²) in [7, 11) is 0. The van der Waals surface area contributed by atoms with Crippen molar-refractivity contribution in [1.29, 1.82) is 0 Å². The van der Waals surface area contributed by atoms with Crippen LogP contribution in [0.3, 0.4) is 0 Å². The quantitative estimate of drug-likeness (QED) is 0.671. The van der Waals surface area contributed by atoms with Gasteiger partial charge in [0, 0.05) is 0 Å². The molecule has 0 heterocycles. The van der Waals surface area contributed by atoms with E-state index in [0.717, 1.165) is 6.29 Å². The fourth-order valence-corrected chi connectivity index (χ4v) is 3.44. The molecule has 0 spiro atoms. The van der Waals surface area contributed by atoms with Crippen LogP contribution in [0.5, 0.6) is 0 Å². The van der Waals surface area contributed by atoms with Gasteiger partial charge in [-0.1, -0.05) is 45.9 Å². The highest BCUT2D eigenvalue weighted by molar-refractivity contribution is 5.75. The molecule has 17 heavy (non-hydrogen) atoms. The minimum atomic E-state index is -0.391. The standard InChI is InChI=1S/C16H22O/c1-11-8-7-9-12-13(11)14(2,3)15(4,5)16(12,6)10-17/h7-10H,1-6H3. The SMILES string of the molecule is Cc1cccc2c1C(C)(C)C(C)(C)C2(C)C=O. The molecule has 1 heteroatoms. The lowest BCUT2D eigenvalue weighted by molar-refractivity contribution is -0.116. The predicted octanol–water partition coefficient (Wildman–Crippen LogP) is 3.77. The Morgan fingerprint density at radius 3 is 2.18 bits per heavy atom. The van der Waals surface area contributed by atoms with Crippen molar-refractivity contribution in [2.24, 2.45) is 5.41 Å². The number of aldehydes is 1. The first-order valence-electron chi connectivity index (χ1n) is 6.27. The summed E-state index contributed by atoms with van der Waals surface area (Å²) >= 11 is 0. The van der Waals surface area contributed by atoms with Crippen LogP contribution < -0.4 is 0 Å². The Labute approximate surface area is 104 Å². The summed E-state index contributed by atoms with van der Waals surface area (Å²) in [5.41, 5.74) is 3.42. The molecule has 1 aromatic rings. The van der Waals surface area contributed by atoms with E-state index in [-0.39, 0.29) is 10.8 Å². The summed E-state index contributed by atoms with van der Waals surface area (Å²) in [6.45, 7) is 13.2. The minimum Gasteiger partial charge on any atom is -0.302 e. The highest BCUT2D eigenvalue weighted by Crippen LogP contribution is 2.61. The van der Waals surface area contributed by atoms with Crippen LogP contribution in [0, 0.1) is 12.3 Å². The largest absolute Gasteiger partial charge is 0.302 e. The number of aryl methyl sites for hydroxylation is 1. The molecule has 92 valence electrons. The van der Waals surface area contributed by atoms with Gasteiger partial charge in [0.15, 0.2) is 0 Å². The van der Waals surface area contributed by atoms with Crippen molar-refractivity contribution < 1.29 is 4.79 Å². The number of carbonyl (C=O) groups is 1. The monoisotopic (exact) mass is 230 g/mol. The van der Waals surface area contributed by atoms with E-state index in [2.05, 4.69) is 59.7 Å². The summed E-state index contributed by atoms with van der Waals surface area (Å²) in [4.78, 5) is 11.7. The molecule has 0 radical (unpaired) electrons. The first kappa shape index (κ1) is 12.3. The molecule has 1 aromatic carbocycles. The fourth-order valence-electron chi connectivity index (χ4n) is 3.44. The van der Waals surface area contributed by atoms with Crippen molar-refractivity contribution in [3.05, 3.63) is 34.9 Å². The fraction of sp³-hybridized carbons (Fsp3) is 0.562. The van der Waals surface area contributed by atoms with Gasteiger partial charge >= 0.3 is 0 Å². The molecule has 0 amide bonds. The molecule has 1 atom stereocenters. The van der Waals surface area contributed by atoms with Gasteiger partial charge in [0.1, 0.15) is 6.29 Å². The Morgan fingerprint density at radius 1 is 1.06 bits per heavy atom. The zero-order valence-corrected chi connectivity index (χ0v) is 11.7. The van der Waals surface area contributed by atoms with E-state index in [4.69, 9.17) is 0 Å². The minimum absolute atomic E-state index is 0.0172. The maximum absolute atomic E-state index is 11.7. The van der Waals surface area contributed by atoms with Gasteiger partial charge in [-0.2, -0.15) is 0 Å². The Bertz CT molecular complexity index is 482. The van der Waals surface area contributed by atoms with Crippen molar-refractivity contribution >= 4 is 6.29 Å². The molecule has 1 unspecified atom stereocenters. The van der Waals surface area contributed by atoms with Crippen molar-refractivity contribution in [2.75, 3.05) is 0 Å². The molecule has 0 bridgehead atoms. The Kier molecular flexibility index (Phi) is 2.34. The second-order valence-corrected chi connectivity index (χ2v) is 6.57. The van der Waals surface area contributed by atoms with Crippen LogP contribution in [0.25, 0.3) is 0 Å². The molecule has 1 aliphatic carbocycles. The lowest BCUT2D eigenvalue weighted by Crippen LogP contribution is -2.45. The average molecular weight is 230 g/mol. The van der Waals surface area contributed by atoms with Gasteiger partial charge in [0.05, 0.1) is 5.41 Å². The topological polar surface area (TPSA) is 17.1 Å². The van der Waals surface area contributed by atoms with Gasteiger partial charge in [0.25, 0.3) is 0 Å². The molecule has 0 fully saturated rings. The van der Waals surface area contributed by atoms with Crippen LogP contribution in [0.15, 0.2) is 18.2 Å². The third-order valence-corrected chi connectivity index (χ3v) is 5.55. The summed E-state index contributed by atoms with van der Waals surface area (Å²) in [5, 5.41) is 0. The van der Waals surface area contributed by atoms with Crippen LogP contribution >= 0.6 is 0 Å². The molecule has 0 saturated heterocycles. The number of rotatable bonds is 1. The van der Waals surface area contributed by atoms with Crippen LogP contribution in [0.1, 0.15) is 51.3 Å². The third kappa shape index (κ3) is 1.17. The number of hydrogen-bond acceptors (Lipinski definition) is 1. The Morgan fingerprint density at radius 2 is 1.65 bits per heavy atom. The van der Waals surface area contributed by atoms with E-state index >= 15 is 0 Å². The first-order valence-corrected chi connectivity index (χ1v) is 6.27. The molecular formula is C16H22O. The summed E-state index contributed by atoms with van der Waals surface area (Å²) < 4.78 is 0. The predicted molar refractivity (Wildman–Crippen MR) is 71.4 cm³/mol. The van der Waals surface area contributed by atoms with Crippen LogP contribution in [0.2, 0.25) is 0 Å². The number of benzene rings is 1. The highest BCUT2D eigenvalue weighted by atomic mass is 16.1. The average Bonchev–Trinajstić information content (AvgIpc) is 2.37. The van der Waals surface area contributed by atoms with Crippen molar-refractivity contribution in [1.82, 2.24) is 0 Å². The van der Waals surface area contributed by atoms with Gasteiger partial charge in [-0.3, -0.25) is 0 Å². The van der Waals surface area contributed by atoms with E-state index < -0.39 is 5.41 Å². The van der Waals surface area contributed by atoms with Crippen molar-refractivity contribution in [3.63, 3.8) is 0 Å². The highest BCUT2D eigenvalue weighted by Gasteiger charge is 2.59. The lowest BCUT2D eigenvalue weighted by atomic mass is 9.59. The second-order valence-electron chi connectivity index (χ2n) is 6.57. The van der Waals surface area contributed by atoms with Crippen LogP contribution in [-0.4, -0.2) is 6.29 Å². The third-order valence-electron chi connectivity index (χ3n) is 5.55. The second kappa shape index (κ2) is 3.22. The van der Waals surface area contributed by atoms with E-state index in [0.29, 0.717) is 0 Å². The maximum atomic E-state index is 11.7. The molecule has 1 nitrogen and oxygen atoms in total. The maximum Gasteiger partial charge on any atom is 0.130 e. The van der Waals surface area contributed by atoms with Gasteiger partial charge in [0.2, 0.25) is 0 Å². The summed E-state index contributed by atoms with van der Waals surface area (Å²) in [6, 6.07) is 6.33. The molecular weight excluding hydrogens is 208 g/mol. The molecule has 0 saturated carbocycles. The lowest BCUT2D eigenvalue weighted by Gasteiger charge is -2.43. The number of carbonyl (C=O) groups excluding carboxylic acids is 1. The molecule has 0 aliphatic heterocycles. The van der Waals surface area contributed by atoms with Crippen molar-refractivity contribution in [3.8, 4) is 0 Å². The molecule has 1 aliphatic rings. The van der Waals surface area contributed by atoms with Gasteiger partial charge in [-0.15, -0.1) is 0 Å².